The molecule has 1 amide bonds. The lowest BCUT2D eigenvalue weighted by Gasteiger charge is -2.26. The number of rotatable bonds is 3. The SMILES string of the molecule is CC1(C(=O)Nc2nnc(C3CC3)o2)CCCC1N. The van der Waals surface area contributed by atoms with Crippen molar-refractivity contribution in [1.82, 2.24) is 10.2 Å². The number of aromatic nitrogens is 2. The van der Waals surface area contributed by atoms with Crippen LogP contribution in [0.25, 0.3) is 0 Å². The summed E-state index contributed by atoms with van der Waals surface area (Å²) in [5.74, 6) is 0.914. The third-order valence-electron chi connectivity index (χ3n) is 4.14. The number of anilines is 1. The van der Waals surface area contributed by atoms with Crippen LogP contribution in [0.4, 0.5) is 6.01 Å². The maximum atomic E-state index is 12.2. The fourth-order valence-corrected chi connectivity index (χ4v) is 2.50. The van der Waals surface area contributed by atoms with E-state index >= 15 is 0 Å². The maximum absolute atomic E-state index is 12.2. The van der Waals surface area contributed by atoms with Crippen LogP contribution < -0.4 is 11.1 Å². The largest absolute Gasteiger partial charge is 0.408 e. The van der Waals surface area contributed by atoms with Crippen LogP contribution in [0.2, 0.25) is 0 Å². The summed E-state index contributed by atoms with van der Waals surface area (Å²) in [7, 11) is 0. The van der Waals surface area contributed by atoms with Crippen molar-refractivity contribution in [2.45, 2.75) is 51.0 Å². The van der Waals surface area contributed by atoms with Gasteiger partial charge in [-0.15, -0.1) is 5.10 Å². The van der Waals surface area contributed by atoms with Crippen molar-refractivity contribution in [3.05, 3.63) is 5.89 Å². The minimum atomic E-state index is -0.520. The predicted molar refractivity (Wildman–Crippen MR) is 64.8 cm³/mol. The minimum Gasteiger partial charge on any atom is -0.408 e. The number of carbonyl (C=O) groups excluding carboxylic acids is 1. The van der Waals surface area contributed by atoms with E-state index < -0.39 is 5.41 Å². The van der Waals surface area contributed by atoms with E-state index in [1.807, 2.05) is 6.92 Å². The van der Waals surface area contributed by atoms with Crippen molar-refractivity contribution < 1.29 is 9.21 Å². The Kier molecular flexibility index (Phi) is 2.62. The molecule has 3 rings (SSSR count). The van der Waals surface area contributed by atoms with Crippen molar-refractivity contribution >= 4 is 11.9 Å². The fraction of sp³-hybridized carbons (Fsp3) is 0.750. The second-order valence-corrected chi connectivity index (χ2v) is 5.59. The fourth-order valence-electron chi connectivity index (χ4n) is 2.50. The zero-order valence-corrected chi connectivity index (χ0v) is 10.5. The van der Waals surface area contributed by atoms with Crippen LogP contribution in [-0.2, 0) is 4.79 Å². The van der Waals surface area contributed by atoms with Crippen LogP contribution in [0.15, 0.2) is 4.42 Å². The van der Waals surface area contributed by atoms with Gasteiger partial charge in [0, 0.05) is 12.0 Å². The van der Waals surface area contributed by atoms with Gasteiger partial charge in [-0.25, -0.2) is 0 Å². The molecule has 2 saturated carbocycles. The van der Waals surface area contributed by atoms with Gasteiger partial charge in [-0.05, 0) is 32.6 Å². The zero-order valence-electron chi connectivity index (χ0n) is 10.5. The highest BCUT2D eigenvalue weighted by molar-refractivity contribution is 5.94. The molecule has 98 valence electrons. The minimum absolute atomic E-state index is 0.0941. The summed E-state index contributed by atoms with van der Waals surface area (Å²) >= 11 is 0. The average Bonchev–Trinajstić information content (AvgIpc) is 3.00. The molecule has 0 spiro atoms. The molecule has 0 aliphatic heterocycles. The number of amides is 1. The van der Waals surface area contributed by atoms with Gasteiger partial charge in [-0.1, -0.05) is 11.5 Å². The first-order chi connectivity index (χ1) is 8.59. The van der Waals surface area contributed by atoms with E-state index in [1.165, 1.54) is 0 Å². The highest BCUT2D eigenvalue weighted by Gasteiger charge is 2.43. The molecule has 2 unspecified atom stereocenters. The highest BCUT2D eigenvalue weighted by Crippen LogP contribution is 2.40. The van der Waals surface area contributed by atoms with Gasteiger partial charge < -0.3 is 10.2 Å². The smallest absolute Gasteiger partial charge is 0.322 e. The van der Waals surface area contributed by atoms with Crippen molar-refractivity contribution in [2.24, 2.45) is 11.1 Å². The molecule has 2 aliphatic rings. The van der Waals surface area contributed by atoms with Crippen LogP contribution >= 0.6 is 0 Å². The van der Waals surface area contributed by atoms with E-state index in [-0.39, 0.29) is 18.0 Å². The first-order valence-corrected chi connectivity index (χ1v) is 6.50. The summed E-state index contributed by atoms with van der Waals surface area (Å²) in [5.41, 5.74) is 5.48. The summed E-state index contributed by atoms with van der Waals surface area (Å²) in [6, 6.07) is 0.102. The monoisotopic (exact) mass is 250 g/mol. The van der Waals surface area contributed by atoms with Gasteiger partial charge in [-0.3, -0.25) is 10.1 Å². The van der Waals surface area contributed by atoms with Gasteiger partial charge in [0.05, 0.1) is 5.41 Å². The Morgan fingerprint density at radius 1 is 1.44 bits per heavy atom. The lowest BCUT2D eigenvalue weighted by Crippen LogP contribution is -2.44. The predicted octanol–water partition coefficient (Wildman–Crippen LogP) is 1.40. The van der Waals surface area contributed by atoms with Gasteiger partial charge in [0.1, 0.15) is 0 Å². The van der Waals surface area contributed by atoms with Crippen LogP contribution in [-0.4, -0.2) is 22.1 Å². The first kappa shape index (κ1) is 11.6. The van der Waals surface area contributed by atoms with E-state index in [2.05, 4.69) is 15.5 Å². The summed E-state index contributed by atoms with van der Waals surface area (Å²) in [4.78, 5) is 12.2. The Hall–Kier alpha value is -1.43. The molecule has 2 aliphatic carbocycles. The maximum Gasteiger partial charge on any atom is 0.322 e. The molecule has 1 aromatic rings. The number of nitrogens with one attached hydrogen (secondary N) is 1. The molecule has 1 heterocycles. The molecule has 0 bridgehead atoms. The zero-order chi connectivity index (χ0) is 12.8. The molecule has 18 heavy (non-hydrogen) atoms. The molecule has 2 fully saturated rings. The van der Waals surface area contributed by atoms with Gasteiger partial charge >= 0.3 is 6.01 Å². The summed E-state index contributed by atoms with van der Waals surface area (Å²) < 4.78 is 5.42. The number of nitrogens with two attached hydrogens (primary N) is 1. The Bertz CT molecular complexity index is 468. The lowest BCUT2D eigenvalue weighted by atomic mass is 9.84. The van der Waals surface area contributed by atoms with Crippen molar-refractivity contribution in [2.75, 3.05) is 5.32 Å². The Labute approximate surface area is 105 Å². The quantitative estimate of drug-likeness (QED) is 0.845. The van der Waals surface area contributed by atoms with Crippen LogP contribution in [0.3, 0.4) is 0 Å². The number of hydrogen-bond acceptors (Lipinski definition) is 5. The third kappa shape index (κ3) is 1.90. The molecule has 1 aromatic heterocycles. The van der Waals surface area contributed by atoms with Crippen molar-refractivity contribution in [3.8, 4) is 0 Å². The molecule has 6 heteroatoms. The molecule has 6 nitrogen and oxygen atoms in total. The Morgan fingerprint density at radius 2 is 2.22 bits per heavy atom. The van der Waals surface area contributed by atoms with Gasteiger partial charge in [-0.2, -0.15) is 0 Å². The molecule has 3 N–H and O–H groups in total. The number of carbonyl (C=O) groups is 1. The topological polar surface area (TPSA) is 94.0 Å². The lowest BCUT2D eigenvalue weighted by molar-refractivity contribution is -0.125. The summed E-state index contributed by atoms with van der Waals surface area (Å²) in [6.07, 6.45) is 4.88. The van der Waals surface area contributed by atoms with Crippen LogP contribution in [0.1, 0.15) is 50.8 Å². The summed E-state index contributed by atoms with van der Waals surface area (Å²) in [5, 5.41) is 10.5. The third-order valence-corrected chi connectivity index (χ3v) is 4.14. The van der Waals surface area contributed by atoms with Gasteiger partial charge in [0.2, 0.25) is 11.8 Å². The van der Waals surface area contributed by atoms with E-state index in [0.29, 0.717) is 11.8 Å². The molecule has 0 radical (unpaired) electrons. The van der Waals surface area contributed by atoms with E-state index in [9.17, 15) is 4.79 Å². The molecule has 0 saturated heterocycles. The van der Waals surface area contributed by atoms with E-state index in [1.54, 1.807) is 0 Å². The van der Waals surface area contributed by atoms with Crippen molar-refractivity contribution in [1.29, 1.82) is 0 Å². The van der Waals surface area contributed by atoms with E-state index in [4.69, 9.17) is 10.2 Å². The highest BCUT2D eigenvalue weighted by atomic mass is 16.4. The first-order valence-electron chi connectivity index (χ1n) is 6.50. The number of hydrogen-bond donors (Lipinski definition) is 2. The van der Waals surface area contributed by atoms with E-state index in [0.717, 1.165) is 32.1 Å². The standard InChI is InChI=1S/C12H18N4O2/c1-12(6-2-3-8(12)13)10(17)14-11-16-15-9(18-11)7-4-5-7/h7-8H,2-6,13H2,1H3,(H,14,16,17). The second-order valence-electron chi connectivity index (χ2n) is 5.59. The molecule has 2 atom stereocenters. The normalized spacial score (nSPS) is 31.6. The number of nitrogens with zero attached hydrogens (tertiary/aromatic N) is 2. The Balaban J connectivity index is 1.69. The molecular formula is C12H18N4O2. The Morgan fingerprint density at radius 3 is 2.83 bits per heavy atom. The van der Waals surface area contributed by atoms with Crippen molar-refractivity contribution in [3.63, 3.8) is 0 Å². The summed E-state index contributed by atoms with van der Waals surface area (Å²) in [6.45, 7) is 1.90. The average molecular weight is 250 g/mol. The van der Waals surface area contributed by atoms with Crippen LogP contribution in [0, 0.1) is 5.41 Å². The second kappa shape index (κ2) is 4.05. The van der Waals surface area contributed by atoms with Gasteiger partial charge in [0.15, 0.2) is 0 Å². The molecular weight excluding hydrogens is 232 g/mol. The van der Waals surface area contributed by atoms with Gasteiger partial charge in [0.25, 0.3) is 0 Å². The molecule has 0 aromatic carbocycles. The van der Waals surface area contributed by atoms with Crippen LogP contribution in [0.5, 0.6) is 0 Å².